The number of rotatable bonds is 24. The number of hydrogen-bond acceptors (Lipinski definition) is 13. The van der Waals surface area contributed by atoms with Crippen LogP contribution in [0.5, 0.6) is 0 Å². The summed E-state index contributed by atoms with van der Waals surface area (Å²) < 4.78 is 31.2. The van der Waals surface area contributed by atoms with Crippen molar-refractivity contribution in [1.82, 2.24) is 0 Å². The van der Waals surface area contributed by atoms with Gasteiger partial charge in [-0.3, -0.25) is 14.4 Å². The molecule has 0 aromatic heterocycles. The predicted molar refractivity (Wildman–Crippen MR) is 141 cm³/mol. The van der Waals surface area contributed by atoms with Crippen LogP contribution in [0.3, 0.4) is 0 Å². The maximum absolute atomic E-state index is 11.1. The number of methoxy groups -OCH3 is 3. The Balaban J connectivity index is 4.21. The van der Waals surface area contributed by atoms with Crippen LogP contribution in [0.2, 0.25) is 0 Å². The molecule has 0 spiro atoms. The molecule has 0 aromatic rings. The van der Waals surface area contributed by atoms with Crippen LogP contribution in [0.4, 0.5) is 0 Å². The van der Waals surface area contributed by atoms with Crippen LogP contribution >= 0.6 is 35.3 Å². The predicted octanol–water partition coefficient (Wildman–Crippen LogP) is 1.62. The lowest BCUT2D eigenvalue weighted by Crippen LogP contribution is -2.53. The van der Waals surface area contributed by atoms with E-state index in [2.05, 4.69) is 14.2 Å². The summed E-state index contributed by atoms with van der Waals surface area (Å²) >= 11 is 4.50. The van der Waals surface area contributed by atoms with Gasteiger partial charge in [0.25, 0.3) is 0 Å². The summed E-state index contributed by atoms with van der Waals surface area (Å²) in [5.74, 6) is 2.62. The van der Waals surface area contributed by atoms with E-state index in [1.165, 1.54) is 56.6 Å². The maximum atomic E-state index is 11.1. The molecule has 0 atom stereocenters. The second kappa shape index (κ2) is 23.7. The van der Waals surface area contributed by atoms with Gasteiger partial charge in [0.15, 0.2) is 0 Å². The standard InChI is InChI=1S/C22H41NO9S3/c1-27-19(24)13-33-10-4-7-30-16-22(23,17-31-8-5-11-34-14-20(25)28-2)18-32-9-6-12-35-15-21(26)29-3/h4-18,23H2,1-3H3. The fourth-order valence-corrected chi connectivity index (χ4v) is 4.64. The van der Waals surface area contributed by atoms with E-state index < -0.39 is 5.54 Å². The maximum Gasteiger partial charge on any atom is 0.315 e. The second-order valence-corrected chi connectivity index (χ2v) is 10.8. The summed E-state index contributed by atoms with van der Waals surface area (Å²) in [6.07, 6.45) is 2.36. The van der Waals surface area contributed by atoms with Gasteiger partial charge in [0.05, 0.1) is 63.9 Å². The molecule has 0 aliphatic heterocycles. The average Bonchev–Trinajstić information content (AvgIpc) is 2.86. The van der Waals surface area contributed by atoms with E-state index in [1.54, 1.807) is 0 Å². The smallest absolute Gasteiger partial charge is 0.315 e. The first kappa shape index (κ1) is 34.3. The monoisotopic (exact) mass is 559 g/mol. The van der Waals surface area contributed by atoms with Crippen molar-refractivity contribution < 1.29 is 42.8 Å². The van der Waals surface area contributed by atoms with Crippen molar-refractivity contribution in [1.29, 1.82) is 0 Å². The van der Waals surface area contributed by atoms with Gasteiger partial charge >= 0.3 is 17.9 Å². The third-order valence-electron chi connectivity index (χ3n) is 4.24. The Kier molecular flexibility index (Phi) is 23.2. The first-order valence-corrected chi connectivity index (χ1v) is 14.8. The molecule has 0 heterocycles. The normalized spacial score (nSPS) is 11.3. The molecule has 0 amide bonds. The van der Waals surface area contributed by atoms with Crippen LogP contribution < -0.4 is 5.73 Å². The first-order valence-electron chi connectivity index (χ1n) is 11.3. The zero-order valence-electron chi connectivity index (χ0n) is 21.1. The lowest BCUT2D eigenvalue weighted by molar-refractivity contribution is -0.138. The minimum Gasteiger partial charge on any atom is -0.468 e. The fourth-order valence-electron chi connectivity index (χ4n) is 2.38. The topological polar surface area (TPSA) is 133 Å². The van der Waals surface area contributed by atoms with Crippen LogP contribution in [0.25, 0.3) is 0 Å². The summed E-state index contributed by atoms with van der Waals surface area (Å²) in [6, 6.07) is 0. The number of carbonyl (C=O) groups excluding carboxylic acids is 3. The second-order valence-electron chi connectivity index (χ2n) is 7.47. The van der Waals surface area contributed by atoms with Gasteiger partial charge in [0.2, 0.25) is 0 Å². The van der Waals surface area contributed by atoms with Crippen molar-refractivity contribution in [2.24, 2.45) is 5.73 Å². The molecule has 0 unspecified atom stereocenters. The third-order valence-corrected chi connectivity index (χ3v) is 7.29. The molecule has 2 N–H and O–H groups in total. The minimum atomic E-state index is -0.794. The number of hydrogen-bond donors (Lipinski definition) is 1. The molecule has 0 aromatic carbocycles. The molecule has 0 saturated carbocycles. The Hall–Kier alpha value is -0.700. The molecule has 0 bridgehead atoms. The Labute approximate surface area is 221 Å². The Morgan fingerprint density at radius 1 is 0.600 bits per heavy atom. The molecular formula is C22H41NO9S3. The van der Waals surface area contributed by atoms with Crippen LogP contribution in [0.15, 0.2) is 0 Å². The molecule has 0 radical (unpaired) electrons. The van der Waals surface area contributed by atoms with E-state index in [4.69, 9.17) is 19.9 Å². The zero-order chi connectivity index (χ0) is 26.2. The van der Waals surface area contributed by atoms with Crippen LogP contribution in [0.1, 0.15) is 19.3 Å². The number of carbonyl (C=O) groups is 3. The van der Waals surface area contributed by atoms with E-state index in [-0.39, 0.29) is 37.7 Å². The highest BCUT2D eigenvalue weighted by atomic mass is 32.2. The van der Waals surface area contributed by atoms with Crippen molar-refractivity contribution in [3.8, 4) is 0 Å². The van der Waals surface area contributed by atoms with Crippen molar-refractivity contribution in [2.75, 3.05) is 95.5 Å². The van der Waals surface area contributed by atoms with Gasteiger partial charge in [-0.25, -0.2) is 0 Å². The highest BCUT2D eigenvalue weighted by molar-refractivity contribution is 8.00. The molecule has 35 heavy (non-hydrogen) atoms. The summed E-state index contributed by atoms with van der Waals surface area (Å²) in [7, 11) is 4.12. The molecule has 206 valence electrons. The first-order chi connectivity index (χ1) is 16.9. The fraction of sp³-hybridized carbons (Fsp3) is 0.864. The van der Waals surface area contributed by atoms with Gasteiger partial charge in [-0.15, -0.1) is 0 Å². The van der Waals surface area contributed by atoms with Crippen molar-refractivity contribution in [2.45, 2.75) is 24.8 Å². The van der Waals surface area contributed by atoms with E-state index in [1.807, 2.05) is 0 Å². The highest BCUT2D eigenvalue weighted by Crippen LogP contribution is 2.10. The van der Waals surface area contributed by atoms with Crippen molar-refractivity contribution >= 4 is 53.2 Å². The van der Waals surface area contributed by atoms with Gasteiger partial charge in [-0.2, -0.15) is 35.3 Å². The number of ether oxygens (including phenoxy) is 6. The summed E-state index contributed by atoms with van der Waals surface area (Å²) in [6.45, 7) is 2.39. The summed E-state index contributed by atoms with van der Waals surface area (Å²) in [5, 5.41) is 0. The van der Waals surface area contributed by atoms with Crippen molar-refractivity contribution in [3.05, 3.63) is 0 Å². The van der Waals surface area contributed by atoms with Gasteiger partial charge in [-0.1, -0.05) is 0 Å². The van der Waals surface area contributed by atoms with Crippen LogP contribution in [0, 0.1) is 0 Å². The summed E-state index contributed by atoms with van der Waals surface area (Å²) in [4.78, 5) is 33.4. The van der Waals surface area contributed by atoms with Crippen LogP contribution in [-0.4, -0.2) is 119 Å². The number of thioether (sulfide) groups is 3. The van der Waals surface area contributed by atoms with Gasteiger partial charge < -0.3 is 34.2 Å². The molecule has 0 fully saturated rings. The molecule has 13 heteroatoms. The molecule has 0 rings (SSSR count). The summed E-state index contributed by atoms with van der Waals surface area (Å²) in [5.41, 5.74) is 5.73. The van der Waals surface area contributed by atoms with Crippen LogP contribution in [-0.2, 0) is 42.8 Å². The molecular weight excluding hydrogens is 518 g/mol. The SMILES string of the molecule is COC(=O)CSCCCOCC(N)(COCCCSCC(=O)OC)COCCCSCC(=O)OC. The Bertz CT molecular complexity index is 496. The van der Waals surface area contributed by atoms with E-state index >= 15 is 0 Å². The Morgan fingerprint density at radius 3 is 1.14 bits per heavy atom. The third kappa shape index (κ3) is 22.2. The van der Waals surface area contributed by atoms with Gasteiger partial charge in [-0.05, 0) is 36.5 Å². The lowest BCUT2D eigenvalue weighted by atomic mass is 10.1. The zero-order valence-corrected chi connectivity index (χ0v) is 23.5. The highest BCUT2D eigenvalue weighted by Gasteiger charge is 2.26. The molecule has 10 nitrogen and oxygen atoms in total. The quantitative estimate of drug-likeness (QED) is 0.104. The largest absolute Gasteiger partial charge is 0.468 e. The van der Waals surface area contributed by atoms with Gasteiger partial charge in [0.1, 0.15) is 0 Å². The van der Waals surface area contributed by atoms with Crippen molar-refractivity contribution in [3.63, 3.8) is 0 Å². The average molecular weight is 560 g/mol. The molecule has 0 aliphatic carbocycles. The Morgan fingerprint density at radius 2 is 0.886 bits per heavy atom. The molecule has 0 aliphatic rings. The molecule has 0 saturated heterocycles. The van der Waals surface area contributed by atoms with E-state index in [0.29, 0.717) is 37.1 Å². The number of nitrogens with two attached hydrogens (primary N) is 1. The lowest BCUT2D eigenvalue weighted by Gasteiger charge is -2.29. The van der Waals surface area contributed by atoms with E-state index in [9.17, 15) is 14.4 Å². The van der Waals surface area contributed by atoms with E-state index in [0.717, 1.165) is 36.5 Å². The minimum absolute atomic E-state index is 0.237. The number of esters is 3. The van der Waals surface area contributed by atoms with Gasteiger partial charge in [0, 0.05) is 19.8 Å².